The summed E-state index contributed by atoms with van der Waals surface area (Å²) in [6.45, 7) is 10.4. The van der Waals surface area contributed by atoms with E-state index >= 15 is 0 Å². The van der Waals surface area contributed by atoms with Gasteiger partial charge < -0.3 is 10.6 Å². The Morgan fingerprint density at radius 2 is 1.60 bits per heavy atom. The number of sulfonamides is 1. The third kappa shape index (κ3) is 6.56. The van der Waals surface area contributed by atoms with E-state index in [-0.39, 0.29) is 15.7 Å². The normalized spacial score (nSPS) is 12.5. The predicted octanol–water partition coefficient (Wildman–Crippen LogP) is 4.53. The average molecular weight is 518 g/mol. The Balaban J connectivity index is 1.91. The van der Waals surface area contributed by atoms with Crippen molar-refractivity contribution in [3.63, 3.8) is 0 Å². The molecule has 0 bridgehead atoms. The summed E-state index contributed by atoms with van der Waals surface area (Å²) in [6, 6.07) is 13.0. The van der Waals surface area contributed by atoms with Gasteiger partial charge in [0, 0.05) is 23.0 Å². The molecule has 0 amide bonds. The number of nitrogens with zero attached hydrogens (tertiary/aromatic N) is 2. The van der Waals surface area contributed by atoms with Gasteiger partial charge in [-0.25, -0.2) is 26.5 Å². The number of para-hydroxylation sites is 1. The van der Waals surface area contributed by atoms with Crippen molar-refractivity contribution >= 4 is 43.0 Å². The summed E-state index contributed by atoms with van der Waals surface area (Å²) in [4.78, 5) is 9.05. The Morgan fingerprint density at radius 3 is 2.26 bits per heavy atom. The number of hydrogen-bond acceptors (Lipinski definition) is 8. The summed E-state index contributed by atoms with van der Waals surface area (Å²) in [5.74, 6) is 0.646. The molecular formula is C24H31N5O4S2. The van der Waals surface area contributed by atoms with Crippen molar-refractivity contribution in [3.8, 4) is 0 Å². The molecule has 3 rings (SSSR count). The van der Waals surface area contributed by atoms with Crippen LogP contribution < -0.4 is 15.4 Å². The van der Waals surface area contributed by atoms with Crippen LogP contribution in [0, 0.1) is 6.92 Å². The van der Waals surface area contributed by atoms with Gasteiger partial charge in [0.2, 0.25) is 16.0 Å². The molecule has 0 saturated heterocycles. The second-order valence-corrected chi connectivity index (χ2v) is 13.6. The van der Waals surface area contributed by atoms with E-state index in [9.17, 15) is 16.8 Å². The number of aromatic nitrogens is 2. The van der Waals surface area contributed by atoms with Crippen LogP contribution in [0.3, 0.4) is 0 Å². The molecule has 0 aliphatic carbocycles. The molecule has 0 unspecified atom stereocenters. The molecule has 3 aromatic rings. The molecular weight excluding hydrogens is 486 g/mol. The molecule has 0 aliphatic rings. The standard InChI is InChI=1S/C24H31N5O4S2/c1-16(2)34(30,31)21-13-8-7-12-20(21)27-23-25-15-17(3)22(28-23)26-18-10-9-11-19(14-18)35(32,33)29-24(4,5)6/h7-16,29H,1-6H3,(H2,25,26,27,28). The van der Waals surface area contributed by atoms with Gasteiger partial charge in [0.05, 0.1) is 20.7 Å². The van der Waals surface area contributed by atoms with Gasteiger partial charge >= 0.3 is 0 Å². The Morgan fingerprint density at radius 1 is 0.914 bits per heavy atom. The molecule has 11 heteroatoms. The second kappa shape index (κ2) is 9.92. The fraction of sp³-hybridized carbons (Fsp3) is 0.333. The van der Waals surface area contributed by atoms with Gasteiger partial charge in [0.1, 0.15) is 5.82 Å². The van der Waals surface area contributed by atoms with Gasteiger partial charge in [-0.1, -0.05) is 18.2 Å². The quantitative estimate of drug-likeness (QED) is 0.397. The van der Waals surface area contributed by atoms with Crippen molar-refractivity contribution in [1.29, 1.82) is 0 Å². The summed E-state index contributed by atoms with van der Waals surface area (Å²) in [5.41, 5.74) is 1.00. The Kier molecular flexibility index (Phi) is 7.53. The number of benzene rings is 2. The zero-order chi connectivity index (χ0) is 26.0. The average Bonchev–Trinajstić information content (AvgIpc) is 2.75. The van der Waals surface area contributed by atoms with Gasteiger partial charge in [0.25, 0.3) is 0 Å². The van der Waals surface area contributed by atoms with E-state index < -0.39 is 30.6 Å². The van der Waals surface area contributed by atoms with Crippen LogP contribution >= 0.6 is 0 Å². The lowest BCUT2D eigenvalue weighted by atomic mass is 10.1. The van der Waals surface area contributed by atoms with E-state index in [0.717, 1.165) is 5.56 Å². The van der Waals surface area contributed by atoms with Gasteiger partial charge in [-0.05, 0) is 71.9 Å². The van der Waals surface area contributed by atoms with Crippen LogP contribution in [-0.2, 0) is 19.9 Å². The van der Waals surface area contributed by atoms with Gasteiger partial charge in [-0.3, -0.25) is 0 Å². The molecule has 0 aliphatic heterocycles. The third-order valence-corrected chi connectivity index (χ3v) is 8.85. The van der Waals surface area contributed by atoms with E-state index in [1.54, 1.807) is 77.2 Å². The molecule has 0 atom stereocenters. The summed E-state index contributed by atoms with van der Waals surface area (Å²) < 4.78 is 53.6. The third-order valence-electron chi connectivity index (χ3n) is 4.88. The van der Waals surface area contributed by atoms with Crippen molar-refractivity contribution in [2.45, 2.75) is 62.1 Å². The molecule has 0 fully saturated rings. The predicted molar refractivity (Wildman–Crippen MR) is 139 cm³/mol. The van der Waals surface area contributed by atoms with E-state index in [4.69, 9.17) is 0 Å². The number of nitrogens with one attached hydrogen (secondary N) is 3. The highest BCUT2D eigenvalue weighted by molar-refractivity contribution is 7.92. The molecule has 0 spiro atoms. The minimum Gasteiger partial charge on any atom is -0.340 e. The van der Waals surface area contributed by atoms with Gasteiger partial charge in [-0.15, -0.1) is 0 Å². The molecule has 3 N–H and O–H groups in total. The zero-order valence-corrected chi connectivity index (χ0v) is 22.3. The zero-order valence-electron chi connectivity index (χ0n) is 20.6. The summed E-state index contributed by atoms with van der Waals surface area (Å²) in [6.07, 6.45) is 1.60. The topological polar surface area (TPSA) is 130 Å². The van der Waals surface area contributed by atoms with Crippen molar-refractivity contribution in [3.05, 3.63) is 60.3 Å². The first kappa shape index (κ1) is 26.6. The van der Waals surface area contributed by atoms with Crippen LogP contribution in [0.1, 0.15) is 40.2 Å². The molecule has 1 heterocycles. The maximum atomic E-state index is 12.8. The highest BCUT2D eigenvalue weighted by Gasteiger charge is 2.24. The lowest BCUT2D eigenvalue weighted by molar-refractivity contribution is 0.491. The molecule has 2 aromatic carbocycles. The number of hydrogen-bond donors (Lipinski definition) is 3. The van der Waals surface area contributed by atoms with E-state index in [1.165, 1.54) is 12.1 Å². The number of rotatable bonds is 8. The van der Waals surface area contributed by atoms with Crippen LogP contribution in [0.25, 0.3) is 0 Å². The first-order valence-electron chi connectivity index (χ1n) is 11.0. The molecule has 0 radical (unpaired) electrons. The van der Waals surface area contributed by atoms with Crippen molar-refractivity contribution in [2.24, 2.45) is 0 Å². The molecule has 0 saturated carbocycles. The molecule has 188 valence electrons. The Bertz CT molecular complexity index is 1430. The van der Waals surface area contributed by atoms with E-state index in [2.05, 4.69) is 25.3 Å². The Hall–Kier alpha value is -3.02. The highest BCUT2D eigenvalue weighted by atomic mass is 32.2. The number of sulfone groups is 1. The van der Waals surface area contributed by atoms with Crippen LogP contribution in [0.15, 0.2) is 64.5 Å². The summed E-state index contributed by atoms with van der Waals surface area (Å²) in [5, 5.41) is 5.55. The van der Waals surface area contributed by atoms with E-state index in [1.807, 2.05) is 6.92 Å². The second-order valence-electron chi connectivity index (χ2n) is 9.45. The summed E-state index contributed by atoms with van der Waals surface area (Å²) in [7, 11) is -7.23. The first-order chi connectivity index (χ1) is 16.2. The fourth-order valence-corrected chi connectivity index (χ4v) is 5.83. The van der Waals surface area contributed by atoms with Crippen molar-refractivity contribution in [2.75, 3.05) is 10.6 Å². The number of anilines is 4. The highest BCUT2D eigenvalue weighted by Crippen LogP contribution is 2.28. The summed E-state index contributed by atoms with van der Waals surface area (Å²) >= 11 is 0. The lowest BCUT2D eigenvalue weighted by Gasteiger charge is -2.20. The van der Waals surface area contributed by atoms with Crippen LogP contribution in [0.5, 0.6) is 0 Å². The Labute approximate surface area is 207 Å². The number of aryl methyl sites for hydroxylation is 1. The largest absolute Gasteiger partial charge is 0.340 e. The van der Waals surface area contributed by atoms with Crippen LogP contribution in [0.2, 0.25) is 0 Å². The molecule has 9 nitrogen and oxygen atoms in total. The SMILES string of the molecule is Cc1cnc(Nc2ccccc2S(=O)(=O)C(C)C)nc1Nc1cccc(S(=O)(=O)NC(C)(C)C)c1. The fourth-order valence-electron chi connectivity index (χ4n) is 3.16. The monoisotopic (exact) mass is 517 g/mol. The van der Waals surface area contributed by atoms with Gasteiger partial charge in [-0.2, -0.15) is 4.98 Å². The van der Waals surface area contributed by atoms with E-state index in [0.29, 0.717) is 17.2 Å². The minimum atomic E-state index is -3.71. The van der Waals surface area contributed by atoms with Crippen molar-refractivity contribution in [1.82, 2.24) is 14.7 Å². The van der Waals surface area contributed by atoms with Crippen molar-refractivity contribution < 1.29 is 16.8 Å². The maximum Gasteiger partial charge on any atom is 0.241 e. The van der Waals surface area contributed by atoms with Crippen LogP contribution in [-0.4, -0.2) is 37.6 Å². The first-order valence-corrected chi connectivity index (χ1v) is 14.1. The smallest absolute Gasteiger partial charge is 0.241 e. The molecule has 35 heavy (non-hydrogen) atoms. The van der Waals surface area contributed by atoms with Crippen LogP contribution in [0.4, 0.5) is 23.1 Å². The minimum absolute atomic E-state index is 0.121. The van der Waals surface area contributed by atoms with Gasteiger partial charge in [0.15, 0.2) is 9.84 Å². The lowest BCUT2D eigenvalue weighted by Crippen LogP contribution is -2.40. The maximum absolute atomic E-state index is 12.8. The molecule has 1 aromatic heterocycles.